The number of amides is 1. The summed E-state index contributed by atoms with van der Waals surface area (Å²) in [5, 5.41) is 0. The van der Waals surface area contributed by atoms with Crippen LogP contribution in [0.2, 0.25) is 0 Å². The topological polar surface area (TPSA) is 72.1 Å². The summed E-state index contributed by atoms with van der Waals surface area (Å²) in [5.41, 5.74) is 6.19. The van der Waals surface area contributed by atoms with E-state index in [1.165, 1.54) is 12.5 Å². The van der Waals surface area contributed by atoms with Crippen molar-refractivity contribution in [3.63, 3.8) is 0 Å². The van der Waals surface area contributed by atoms with E-state index >= 15 is 0 Å². The van der Waals surface area contributed by atoms with Crippen LogP contribution in [0, 0.1) is 18.3 Å². The predicted octanol–water partition coefficient (Wildman–Crippen LogP) is 0.0449. The van der Waals surface area contributed by atoms with Crippen LogP contribution in [0.3, 0.4) is 0 Å². The molecule has 0 aromatic carbocycles. The second-order valence-corrected chi connectivity index (χ2v) is 3.37. The molecule has 1 amide bonds. The molecular formula is C10H10N4O. The molecule has 1 aromatic heterocycles. The SMILES string of the molecule is C#CC1CC(=O)N(c2cncnc2N)C1. The van der Waals surface area contributed by atoms with Crippen LogP contribution in [0.4, 0.5) is 11.5 Å². The third-order valence-electron chi connectivity index (χ3n) is 2.37. The average Bonchev–Trinajstić information content (AvgIpc) is 2.60. The van der Waals surface area contributed by atoms with E-state index in [-0.39, 0.29) is 11.8 Å². The molecule has 1 saturated heterocycles. The zero-order chi connectivity index (χ0) is 10.8. The lowest BCUT2D eigenvalue weighted by atomic mass is 10.1. The van der Waals surface area contributed by atoms with E-state index < -0.39 is 0 Å². The Hall–Kier alpha value is -2.09. The van der Waals surface area contributed by atoms with Crippen molar-refractivity contribution in [3.05, 3.63) is 12.5 Å². The third-order valence-corrected chi connectivity index (χ3v) is 2.37. The van der Waals surface area contributed by atoms with Crippen LogP contribution in [0.15, 0.2) is 12.5 Å². The van der Waals surface area contributed by atoms with Gasteiger partial charge in [0.25, 0.3) is 0 Å². The van der Waals surface area contributed by atoms with Crippen LogP contribution in [0.1, 0.15) is 6.42 Å². The Labute approximate surface area is 87.3 Å². The van der Waals surface area contributed by atoms with E-state index in [2.05, 4.69) is 15.9 Å². The molecule has 1 aromatic rings. The minimum atomic E-state index is -0.0443. The highest BCUT2D eigenvalue weighted by Crippen LogP contribution is 2.26. The molecular weight excluding hydrogens is 192 g/mol. The first-order valence-corrected chi connectivity index (χ1v) is 4.54. The van der Waals surface area contributed by atoms with Gasteiger partial charge in [0.15, 0.2) is 5.82 Å². The number of rotatable bonds is 1. The smallest absolute Gasteiger partial charge is 0.228 e. The summed E-state index contributed by atoms with van der Waals surface area (Å²) in [5.74, 6) is 2.80. The molecule has 0 radical (unpaired) electrons. The zero-order valence-electron chi connectivity index (χ0n) is 8.05. The summed E-state index contributed by atoms with van der Waals surface area (Å²) in [6.45, 7) is 0.493. The van der Waals surface area contributed by atoms with E-state index in [0.29, 0.717) is 24.5 Å². The minimum Gasteiger partial charge on any atom is -0.382 e. The number of carbonyl (C=O) groups excluding carboxylic acids is 1. The fourth-order valence-corrected chi connectivity index (χ4v) is 1.59. The predicted molar refractivity (Wildman–Crippen MR) is 55.7 cm³/mol. The van der Waals surface area contributed by atoms with Gasteiger partial charge in [0, 0.05) is 18.9 Å². The van der Waals surface area contributed by atoms with Gasteiger partial charge in [-0.05, 0) is 0 Å². The normalized spacial score (nSPS) is 20.3. The van der Waals surface area contributed by atoms with Gasteiger partial charge in [-0.2, -0.15) is 0 Å². The van der Waals surface area contributed by atoms with E-state index in [1.807, 2.05) is 0 Å². The molecule has 0 bridgehead atoms. The molecule has 0 aliphatic carbocycles. The van der Waals surface area contributed by atoms with Gasteiger partial charge >= 0.3 is 0 Å². The number of terminal acetylenes is 1. The van der Waals surface area contributed by atoms with Gasteiger partial charge in [-0.1, -0.05) is 0 Å². The lowest BCUT2D eigenvalue weighted by Crippen LogP contribution is -2.25. The van der Waals surface area contributed by atoms with Crippen LogP contribution < -0.4 is 10.6 Å². The molecule has 1 atom stereocenters. The number of nitrogens with two attached hydrogens (primary N) is 1. The summed E-state index contributed by atoms with van der Waals surface area (Å²) in [4.78, 5) is 20.8. The van der Waals surface area contributed by atoms with Gasteiger partial charge in [-0.25, -0.2) is 9.97 Å². The summed E-state index contributed by atoms with van der Waals surface area (Å²) in [7, 11) is 0. The van der Waals surface area contributed by atoms with Crippen molar-refractivity contribution in [2.24, 2.45) is 5.92 Å². The quantitative estimate of drug-likeness (QED) is 0.653. The van der Waals surface area contributed by atoms with Crippen molar-refractivity contribution in [1.82, 2.24) is 9.97 Å². The summed E-state index contributed by atoms with van der Waals surface area (Å²) < 4.78 is 0. The minimum absolute atomic E-state index is 0.0283. The van der Waals surface area contributed by atoms with Crippen molar-refractivity contribution in [2.75, 3.05) is 17.2 Å². The molecule has 1 unspecified atom stereocenters. The third kappa shape index (κ3) is 1.62. The first-order valence-electron chi connectivity index (χ1n) is 4.54. The highest BCUT2D eigenvalue weighted by molar-refractivity contribution is 5.98. The number of aromatic nitrogens is 2. The zero-order valence-corrected chi connectivity index (χ0v) is 8.05. The number of nitrogens with zero attached hydrogens (tertiary/aromatic N) is 3. The van der Waals surface area contributed by atoms with Crippen LogP contribution in [0.5, 0.6) is 0 Å². The Balaban J connectivity index is 2.30. The molecule has 15 heavy (non-hydrogen) atoms. The number of nitrogen functional groups attached to an aromatic ring is 1. The Kier molecular flexibility index (Phi) is 2.26. The number of anilines is 2. The van der Waals surface area contributed by atoms with E-state index in [0.717, 1.165) is 0 Å². The van der Waals surface area contributed by atoms with E-state index in [4.69, 9.17) is 12.2 Å². The molecule has 2 N–H and O–H groups in total. The molecule has 0 spiro atoms. The monoisotopic (exact) mass is 202 g/mol. The van der Waals surface area contributed by atoms with Crippen LogP contribution in [-0.2, 0) is 4.79 Å². The second kappa shape index (κ2) is 3.58. The summed E-state index contributed by atoms with van der Waals surface area (Å²) in [6, 6.07) is 0. The summed E-state index contributed by atoms with van der Waals surface area (Å²) in [6.07, 6.45) is 8.52. The number of hydrogen-bond donors (Lipinski definition) is 1. The number of hydrogen-bond acceptors (Lipinski definition) is 4. The fourth-order valence-electron chi connectivity index (χ4n) is 1.59. The van der Waals surface area contributed by atoms with Crippen LogP contribution in [-0.4, -0.2) is 22.4 Å². The Morgan fingerprint density at radius 3 is 3.07 bits per heavy atom. The van der Waals surface area contributed by atoms with Gasteiger partial charge in [0.05, 0.1) is 6.20 Å². The largest absolute Gasteiger partial charge is 0.382 e. The van der Waals surface area contributed by atoms with Crippen molar-refractivity contribution in [2.45, 2.75) is 6.42 Å². The fraction of sp³-hybridized carbons (Fsp3) is 0.300. The Morgan fingerprint density at radius 2 is 2.47 bits per heavy atom. The van der Waals surface area contributed by atoms with E-state index in [9.17, 15) is 4.79 Å². The summed E-state index contributed by atoms with van der Waals surface area (Å²) >= 11 is 0. The van der Waals surface area contributed by atoms with Crippen molar-refractivity contribution < 1.29 is 4.79 Å². The molecule has 76 valence electrons. The molecule has 1 aliphatic heterocycles. The highest BCUT2D eigenvalue weighted by atomic mass is 16.2. The van der Waals surface area contributed by atoms with Crippen molar-refractivity contribution >= 4 is 17.4 Å². The van der Waals surface area contributed by atoms with Crippen LogP contribution >= 0.6 is 0 Å². The van der Waals surface area contributed by atoms with Gasteiger partial charge < -0.3 is 10.6 Å². The highest BCUT2D eigenvalue weighted by Gasteiger charge is 2.30. The molecule has 2 rings (SSSR count). The molecule has 1 fully saturated rings. The molecule has 1 aliphatic rings. The van der Waals surface area contributed by atoms with Gasteiger partial charge in [-0.3, -0.25) is 4.79 Å². The van der Waals surface area contributed by atoms with Gasteiger partial charge in [0.2, 0.25) is 5.91 Å². The second-order valence-electron chi connectivity index (χ2n) is 3.37. The maximum Gasteiger partial charge on any atom is 0.228 e. The van der Waals surface area contributed by atoms with Crippen LogP contribution in [0.25, 0.3) is 0 Å². The first kappa shape index (κ1) is 9.46. The van der Waals surface area contributed by atoms with Gasteiger partial charge in [0.1, 0.15) is 12.0 Å². The average molecular weight is 202 g/mol. The standard InChI is InChI=1S/C10H10N4O/c1-2-7-3-9(15)14(5-7)8-4-12-6-13-10(8)11/h1,4,6-7H,3,5H2,(H2,11,12,13). The molecule has 0 saturated carbocycles. The lowest BCUT2D eigenvalue weighted by molar-refractivity contribution is -0.117. The Morgan fingerprint density at radius 1 is 1.67 bits per heavy atom. The number of carbonyl (C=O) groups is 1. The lowest BCUT2D eigenvalue weighted by Gasteiger charge is -2.16. The molecule has 2 heterocycles. The van der Waals surface area contributed by atoms with E-state index in [1.54, 1.807) is 4.90 Å². The Bertz CT molecular complexity index is 437. The maximum atomic E-state index is 11.6. The molecule has 5 nitrogen and oxygen atoms in total. The van der Waals surface area contributed by atoms with Gasteiger partial charge in [-0.15, -0.1) is 12.3 Å². The van der Waals surface area contributed by atoms with Crippen molar-refractivity contribution in [1.29, 1.82) is 0 Å². The first-order chi connectivity index (χ1) is 7.22. The molecule has 5 heteroatoms. The van der Waals surface area contributed by atoms with Crippen molar-refractivity contribution in [3.8, 4) is 12.3 Å². The maximum absolute atomic E-state index is 11.6.